The van der Waals surface area contributed by atoms with E-state index < -0.39 is 20.2 Å². The smallest absolute Gasteiger partial charge is 0.336 e. The van der Waals surface area contributed by atoms with E-state index in [1.54, 1.807) is 39.0 Å². The minimum absolute atomic E-state index is 0.0331. The molecule has 0 saturated carbocycles. The van der Waals surface area contributed by atoms with Crippen LogP contribution in [0.1, 0.15) is 39.7 Å². The number of carbonyl (C=O) groups excluding carboxylic acids is 1. The first-order valence-corrected chi connectivity index (χ1v) is 11.6. The molecule has 7 heteroatoms. The van der Waals surface area contributed by atoms with Crippen molar-refractivity contribution in [2.75, 3.05) is 18.8 Å². The van der Waals surface area contributed by atoms with Gasteiger partial charge in [0.1, 0.15) is 5.58 Å². The molecule has 2 heterocycles. The minimum Gasteiger partial charge on any atom is -0.423 e. The van der Waals surface area contributed by atoms with Crippen LogP contribution in [0.3, 0.4) is 0 Å². The van der Waals surface area contributed by atoms with Crippen LogP contribution in [0.15, 0.2) is 39.5 Å². The van der Waals surface area contributed by atoms with Crippen LogP contribution in [0.4, 0.5) is 0 Å². The van der Waals surface area contributed by atoms with Crippen molar-refractivity contribution < 1.29 is 17.6 Å². The van der Waals surface area contributed by atoms with Crippen molar-refractivity contribution >= 4 is 26.7 Å². The van der Waals surface area contributed by atoms with Crippen molar-refractivity contribution in [2.45, 2.75) is 45.3 Å². The number of benzene rings is 1. The Bertz CT molecular complexity index is 1060. The first kappa shape index (κ1) is 21.6. The Hall–Kier alpha value is -2.15. The predicted molar refractivity (Wildman–Crippen MR) is 114 cm³/mol. The molecule has 1 aliphatic rings. The van der Waals surface area contributed by atoms with Gasteiger partial charge in [-0.2, -0.15) is 0 Å². The summed E-state index contributed by atoms with van der Waals surface area (Å²) in [5.74, 6) is 0.420. The predicted octanol–water partition coefficient (Wildman–Crippen LogP) is 3.03. The number of nitrogens with zero attached hydrogens (tertiary/aromatic N) is 1. The zero-order valence-electron chi connectivity index (χ0n) is 17.5. The maximum absolute atomic E-state index is 12.8. The van der Waals surface area contributed by atoms with Gasteiger partial charge in [0.15, 0.2) is 9.84 Å². The summed E-state index contributed by atoms with van der Waals surface area (Å²) in [6.07, 6.45) is 0.970. The van der Waals surface area contributed by atoms with Gasteiger partial charge in [-0.1, -0.05) is 13.0 Å². The number of hydrogen-bond acceptors (Lipinski definition) is 5. The molecule has 1 fully saturated rings. The largest absolute Gasteiger partial charge is 0.423 e. The second-order valence-electron chi connectivity index (χ2n) is 9.06. The molecule has 1 saturated heterocycles. The Morgan fingerprint density at radius 1 is 1.21 bits per heavy atom. The third-order valence-electron chi connectivity index (χ3n) is 5.84. The number of sulfone groups is 1. The molecule has 2 unspecified atom stereocenters. The molecule has 0 bridgehead atoms. The fourth-order valence-electron chi connectivity index (χ4n) is 3.72. The summed E-state index contributed by atoms with van der Waals surface area (Å²) in [6, 6.07) is 8.44. The fourth-order valence-corrected chi connectivity index (χ4v) is 5.28. The molecular formula is C22H29NO5S. The van der Waals surface area contributed by atoms with Crippen molar-refractivity contribution in [1.82, 2.24) is 4.90 Å². The lowest BCUT2D eigenvalue weighted by Gasteiger charge is -2.38. The Labute approximate surface area is 171 Å². The average Bonchev–Trinajstić information content (AvgIpc) is 2.62. The number of piperidine rings is 1. The zero-order valence-corrected chi connectivity index (χ0v) is 18.3. The van der Waals surface area contributed by atoms with Gasteiger partial charge in [0.05, 0.1) is 16.9 Å². The molecule has 1 amide bonds. The third kappa shape index (κ3) is 4.89. The third-order valence-corrected chi connectivity index (χ3v) is 8.57. The Morgan fingerprint density at radius 3 is 2.59 bits per heavy atom. The lowest BCUT2D eigenvalue weighted by atomic mass is 9.88. The van der Waals surface area contributed by atoms with E-state index in [2.05, 4.69) is 0 Å². The van der Waals surface area contributed by atoms with Crippen LogP contribution in [0.25, 0.3) is 11.0 Å². The molecule has 0 N–H and O–H groups in total. The maximum Gasteiger partial charge on any atom is 0.336 e. The van der Waals surface area contributed by atoms with E-state index >= 15 is 0 Å². The second-order valence-corrected chi connectivity index (χ2v) is 11.9. The van der Waals surface area contributed by atoms with Crippen LogP contribution in [0.5, 0.6) is 0 Å². The van der Waals surface area contributed by atoms with E-state index in [0.29, 0.717) is 25.1 Å². The van der Waals surface area contributed by atoms with Gasteiger partial charge in [-0.25, -0.2) is 13.2 Å². The number of rotatable bonds is 4. The molecule has 158 valence electrons. The molecule has 2 atom stereocenters. The molecule has 1 aliphatic heterocycles. The van der Waals surface area contributed by atoms with Crippen LogP contribution in [0, 0.1) is 11.8 Å². The number of amides is 1. The molecule has 0 radical (unpaired) electrons. The average molecular weight is 420 g/mol. The summed E-state index contributed by atoms with van der Waals surface area (Å²) < 4.78 is 29.5. The molecule has 0 spiro atoms. The van der Waals surface area contributed by atoms with Crippen LogP contribution in [-0.4, -0.2) is 42.8 Å². The summed E-state index contributed by atoms with van der Waals surface area (Å²) in [5.41, 5.74) is 0.969. The van der Waals surface area contributed by atoms with Gasteiger partial charge in [-0.05, 0) is 62.8 Å². The topological polar surface area (TPSA) is 84.7 Å². The van der Waals surface area contributed by atoms with Crippen molar-refractivity contribution in [1.29, 1.82) is 0 Å². The number of fused-ring (bicyclic) bond motifs is 1. The van der Waals surface area contributed by atoms with Gasteiger partial charge in [0, 0.05) is 24.5 Å². The fraction of sp³-hybridized carbons (Fsp3) is 0.545. The molecular weight excluding hydrogens is 390 g/mol. The second kappa shape index (κ2) is 7.94. The highest BCUT2D eigenvalue weighted by molar-refractivity contribution is 7.92. The molecule has 1 aromatic heterocycles. The van der Waals surface area contributed by atoms with Crippen molar-refractivity contribution in [3.05, 3.63) is 46.3 Å². The minimum atomic E-state index is -3.18. The molecule has 1 aromatic carbocycles. The number of carbonyl (C=O) groups is 1. The summed E-state index contributed by atoms with van der Waals surface area (Å²) in [7, 11) is -3.18. The van der Waals surface area contributed by atoms with Crippen LogP contribution in [-0.2, 0) is 21.1 Å². The first-order valence-electron chi connectivity index (χ1n) is 9.99. The van der Waals surface area contributed by atoms with Gasteiger partial charge in [-0.3, -0.25) is 4.79 Å². The number of hydrogen-bond donors (Lipinski definition) is 0. The van der Waals surface area contributed by atoms with Crippen molar-refractivity contribution in [2.24, 2.45) is 11.8 Å². The summed E-state index contributed by atoms with van der Waals surface area (Å²) in [6.45, 7) is 8.39. The maximum atomic E-state index is 12.8. The summed E-state index contributed by atoms with van der Waals surface area (Å²) in [5, 5.41) is 0.786. The van der Waals surface area contributed by atoms with Crippen LogP contribution < -0.4 is 5.63 Å². The number of likely N-dealkylation sites (tertiary alicyclic amines) is 1. The van der Waals surface area contributed by atoms with E-state index in [1.807, 2.05) is 17.9 Å². The van der Waals surface area contributed by atoms with Crippen molar-refractivity contribution in [3.63, 3.8) is 0 Å². The van der Waals surface area contributed by atoms with E-state index in [1.165, 1.54) is 6.07 Å². The van der Waals surface area contributed by atoms with E-state index in [9.17, 15) is 18.0 Å². The van der Waals surface area contributed by atoms with Gasteiger partial charge >= 0.3 is 5.63 Å². The Kier molecular flexibility index (Phi) is 5.90. The standard InChI is InChI=1S/C22H29NO5S/c1-15-13-23(10-9-18(15)14-29(26,27)22(2,3)4)20(24)12-16-5-7-19-17(11-16)6-8-21(25)28-19/h5-8,11,15,18H,9-10,12-14H2,1-4H3. The first-order chi connectivity index (χ1) is 13.5. The van der Waals surface area contributed by atoms with Gasteiger partial charge < -0.3 is 9.32 Å². The Balaban J connectivity index is 1.63. The SMILES string of the molecule is CC1CN(C(=O)Cc2ccc3oc(=O)ccc3c2)CCC1CS(=O)(=O)C(C)(C)C. The van der Waals surface area contributed by atoms with E-state index in [4.69, 9.17) is 4.42 Å². The molecule has 0 aliphatic carbocycles. The normalized spacial score (nSPS) is 20.8. The molecule has 2 aromatic rings. The van der Waals surface area contributed by atoms with E-state index in [0.717, 1.165) is 10.9 Å². The molecule has 3 rings (SSSR count). The highest BCUT2D eigenvalue weighted by Gasteiger charge is 2.36. The van der Waals surface area contributed by atoms with Gasteiger partial charge in [0.2, 0.25) is 5.91 Å². The highest BCUT2D eigenvalue weighted by atomic mass is 32.2. The lowest BCUT2D eigenvalue weighted by Crippen LogP contribution is -2.46. The summed E-state index contributed by atoms with van der Waals surface area (Å²) in [4.78, 5) is 25.9. The van der Waals surface area contributed by atoms with Crippen LogP contribution >= 0.6 is 0 Å². The monoisotopic (exact) mass is 419 g/mol. The van der Waals surface area contributed by atoms with Crippen molar-refractivity contribution in [3.8, 4) is 0 Å². The zero-order chi connectivity index (χ0) is 21.4. The van der Waals surface area contributed by atoms with E-state index in [-0.39, 0.29) is 29.9 Å². The molecule has 6 nitrogen and oxygen atoms in total. The Morgan fingerprint density at radius 2 is 1.93 bits per heavy atom. The van der Waals surface area contributed by atoms with Crippen LogP contribution in [0.2, 0.25) is 0 Å². The lowest BCUT2D eigenvalue weighted by molar-refractivity contribution is -0.132. The highest BCUT2D eigenvalue weighted by Crippen LogP contribution is 2.29. The summed E-state index contributed by atoms with van der Waals surface area (Å²) >= 11 is 0. The quantitative estimate of drug-likeness (QED) is 0.711. The van der Waals surface area contributed by atoms with Gasteiger partial charge in [-0.15, -0.1) is 0 Å². The molecule has 29 heavy (non-hydrogen) atoms. The van der Waals surface area contributed by atoms with Gasteiger partial charge in [0.25, 0.3) is 0 Å².